The number of rotatable bonds is 11. The zero-order valence-corrected chi connectivity index (χ0v) is 24.6. The highest BCUT2D eigenvalue weighted by molar-refractivity contribution is 7.90. The van der Waals surface area contributed by atoms with Gasteiger partial charge in [-0.3, -0.25) is 4.79 Å². The number of aliphatic hydroxyl groups is 1. The Kier molecular flexibility index (Phi) is 8.28. The first-order chi connectivity index (χ1) is 19.1. The van der Waals surface area contributed by atoms with Crippen LogP contribution in [-0.4, -0.2) is 54.2 Å². The molecule has 0 atom stereocenters. The number of carbonyl (C=O) groups is 1. The van der Waals surface area contributed by atoms with E-state index in [1.165, 1.54) is 42.5 Å². The van der Waals surface area contributed by atoms with Crippen LogP contribution < -0.4 is 20.1 Å². The molecular formula is C29H36FN5O5S. The lowest BCUT2D eigenvalue weighted by Crippen LogP contribution is -2.42. The molecule has 0 aliphatic heterocycles. The van der Waals surface area contributed by atoms with Crippen LogP contribution in [0.2, 0.25) is 0 Å². The SMILES string of the molecule is CC(C)COc1cc(F)cc(-c2ccc(C(=O)NS(=O)(=O)c3cccc(N)n3)c(N(C)C3(CC(C)(C)O)CC3)n2)c1. The van der Waals surface area contributed by atoms with E-state index in [-0.39, 0.29) is 23.1 Å². The highest BCUT2D eigenvalue weighted by atomic mass is 32.2. The lowest BCUT2D eigenvalue weighted by atomic mass is 9.96. The molecule has 0 unspecified atom stereocenters. The monoisotopic (exact) mass is 585 g/mol. The van der Waals surface area contributed by atoms with E-state index in [2.05, 4.69) is 9.71 Å². The number of nitrogens with two attached hydrogens (primary N) is 1. The Bertz CT molecular complexity index is 1550. The van der Waals surface area contributed by atoms with E-state index >= 15 is 0 Å². The van der Waals surface area contributed by atoms with Gasteiger partial charge in [-0.2, -0.15) is 8.42 Å². The number of hydrogen-bond acceptors (Lipinski definition) is 9. The van der Waals surface area contributed by atoms with Gasteiger partial charge in [0.25, 0.3) is 15.9 Å². The maximum atomic E-state index is 14.6. The molecule has 12 heteroatoms. The predicted octanol–water partition coefficient (Wildman–Crippen LogP) is 4.15. The highest BCUT2D eigenvalue weighted by Gasteiger charge is 2.50. The molecule has 41 heavy (non-hydrogen) atoms. The van der Waals surface area contributed by atoms with Gasteiger partial charge in [0.2, 0.25) is 0 Å². The van der Waals surface area contributed by atoms with Crippen molar-refractivity contribution in [2.24, 2.45) is 5.92 Å². The predicted molar refractivity (Wildman–Crippen MR) is 155 cm³/mol. The minimum absolute atomic E-state index is 0.0131. The summed E-state index contributed by atoms with van der Waals surface area (Å²) >= 11 is 0. The van der Waals surface area contributed by atoms with Crippen LogP contribution in [-0.2, 0) is 10.0 Å². The minimum atomic E-state index is -4.35. The van der Waals surface area contributed by atoms with Crippen LogP contribution in [0.3, 0.4) is 0 Å². The number of nitrogens with one attached hydrogen (secondary N) is 1. The fourth-order valence-corrected chi connectivity index (χ4v) is 5.66. The van der Waals surface area contributed by atoms with E-state index < -0.39 is 37.9 Å². The Balaban J connectivity index is 1.76. The van der Waals surface area contributed by atoms with Gasteiger partial charge in [0.1, 0.15) is 23.2 Å². The maximum Gasteiger partial charge on any atom is 0.281 e. The molecule has 1 aliphatic rings. The van der Waals surface area contributed by atoms with Crippen molar-refractivity contribution in [2.75, 3.05) is 24.3 Å². The molecule has 1 fully saturated rings. The molecule has 1 aliphatic carbocycles. The highest BCUT2D eigenvalue weighted by Crippen LogP contribution is 2.49. The topological polar surface area (TPSA) is 148 Å². The smallest absolute Gasteiger partial charge is 0.281 e. The van der Waals surface area contributed by atoms with Gasteiger partial charge in [0.05, 0.1) is 23.5 Å². The lowest BCUT2D eigenvalue weighted by molar-refractivity contribution is 0.0599. The summed E-state index contributed by atoms with van der Waals surface area (Å²) in [6.45, 7) is 7.78. The van der Waals surface area contributed by atoms with Crippen LogP contribution in [0.5, 0.6) is 5.75 Å². The molecule has 0 spiro atoms. The number of aromatic nitrogens is 2. The molecule has 3 aromatic rings. The average Bonchev–Trinajstić information content (AvgIpc) is 3.65. The van der Waals surface area contributed by atoms with Gasteiger partial charge < -0.3 is 20.5 Å². The first-order valence-corrected chi connectivity index (χ1v) is 14.8. The zero-order valence-electron chi connectivity index (χ0n) is 23.8. The van der Waals surface area contributed by atoms with Crippen molar-refractivity contribution in [3.05, 3.63) is 59.9 Å². The number of nitrogen functional groups attached to an aromatic ring is 1. The third-order valence-electron chi connectivity index (χ3n) is 6.74. The fourth-order valence-electron chi connectivity index (χ4n) is 4.71. The third-order valence-corrected chi connectivity index (χ3v) is 7.97. The molecule has 220 valence electrons. The third kappa shape index (κ3) is 7.31. The van der Waals surface area contributed by atoms with Crippen molar-refractivity contribution in [3.8, 4) is 17.0 Å². The molecule has 4 rings (SSSR count). The number of pyridine rings is 2. The summed E-state index contributed by atoms with van der Waals surface area (Å²) in [6, 6.07) is 11.3. The molecule has 4 N–H and O–H groups in total. The van der Waals surface area contributed by atoms with E-state index in [0.717, 1.165) is 12.8 Å². The normalized spacial score (nSPS) is 14.5. The number of hydrogen-bond donors (Lipinski definition) is 3. The van der Waals surface area contributed by atoms with Crippen LogP contribution in [0.1, 0.15) is 57.3 Å². The molecular weight excluding hydrogens is 549 g/mol. The first kappa shape index (κ1) is 30.2. The summed E-state index contributed by atoms with van der Waals surface area (Å²) in [5.41, 5.74) is 4.90. The number of carbonyl (C=O) groups excluding carboxylic acids is 1. The minimum Gasteiger partial charge on any atom is -0.493 e. The van der Waals surface area contributed by atoms with Crippen molar-refractivity contribution in [1.29, 1.82) is 0 Å². The molecule has 10 nitrogen and oxygen atoms in total. The second-order valence-electron chi connectivity index (χ2n) is 11.6. The summed E-state index contributed by atoms with van der Waals surface area (Å²) in [4.78, 5) is 23.8. The van der Waals surface area contributed by atoms with E-state index in [1.807, 2.05) is 13.8 Å². The summed E-state index contributed by atoms with van der Waals surface area (Å²) < 4.78 is 48.2. The summed E-state index contributed by atoms with van der Waals surface area (Å²) in [5.74, 6) is -0.682. The van der Waals surface area contributed by atoms with Crippen LogP contribution >= 0.6 is 0 Å². The standard InChI is InChI=1S/C29H36FN5O5S/c1-18(2)16-40-21-14-19(13-20(30)15-21)23-10-9-22(26(32-23)35(5)29(11-12-29)17-28(3,4)37)27(36)34-41(38,39)25-8-6-7-24(31)33-25/h6-10,13-15,18,37H,11-12,16-17H2,1-5H3,(H2,31,33)(H,34,36). The Morgan fingerprint density at radius 2 is 1.90 bits per heavy atom. The number of benzene rings is 1. The van der Waals surface area contributed by atoms with E-state index in [0.29, 0.717) is 30.0 Å². The Morgan fingerprint density at radius 1 is 1.20 bits per heavy atom. The number of amides is 1. The number of ether oxygens (including phenoxy) is 1. The van der Waals surface area contributed by atoms with Crippen molar-refractivity contribution < 1.29 is 27.4 Å². The summed E-state index contributed by atoms with van der Waals surface area (Å²) in [7, 11) is -2.60. The van der Waals surface area contributed by atoms with E-state index in [4.69, 9.17) is 15.5 Å². The zero-order chi connectivity index (χ0) is 30.2. The molecule has 1 saturated carbocycles. The van der Waals surface area contributed by atoms with E-state index in [9.17, 15) is 22.7 Å². The molecule has 1 amide bonds. The first-order valence-electron chi connectivity index (χ1n) is 13.3. The van der Waals surface area contributed by atoms with Crippen molar-refractivity contribution >= 4 is 27.6 Å². The Morgan fingerprint density at radius 3 is 2.51 bits per heavy atom. The lowest BCUT2D eigenvalue weighted by Gasteiger charge is -2.34. The Hall–Kier alpha value is -3.77. The van der Waals surface area contributed by atoms with Crippen molar-refractivity contribution in [3.63, 3.8) is 0 Å². The van der Waals surface area contributed by atoms with Crippen molar-refractivity contribution in [1.82, 2.24) is 14.7 Å². The number of halogens is 1. The van der Waals surface area contributed by atoms with Gasteiger partial charge in [-0.05, 0) is 75.4 Å². The fraction of sp³-hybridized carbons (Fsp3) is 0.414. The van der Waals surface area contributed by atoms with E-state index in [1.54, 1.807) is 31.9 Å². The summed E-state index contributed by atoms with van der Waals surface area (Å²) in [5, 5.41) is 10.2. The second kappa shape index (κ2) is 11.2. The van der Waals surface area contributed by atoms with Crippen LogP contribution in [0, 0.1) is 11.7 Å². The van der Waals surface area contributed by atoms with Gasteiger partial charge in [0, 0.05) is 24.2 Å². The quantitative estimate of drug-likeness (QED) is 0.302. The second-order valence-corrected chi connectivity index (χ2v) is 13.2. The van der Waals surface area contributed by atoms with Crippen molar-refractivity contribution in [2.45, 2.75) is 63.1 Å². The number of sulfonamides is 1. The summed E-state index contributed by atoms with van der Waals surface area (Å²) in [6.07, 6.45) is 1.86. The average molecular weight is 586 g/mol. The van der Waals surface area contributed by atoms with Gasteiger partial charge in [-0.25, -0.2) is 19.1 Å². The molecule has 0 saturated heterocycles. The number of anilines is 2. The van der Waals surface area contributed by atoms with Gasteiger partial charge in [0.15, 0.2) is 5.03 Å². The van der Waals surface area contributed by atoms with Crippen LogP contribution in [0.4, 0.5) is 16.0 Å². The molecule has 0 radical (unpaired) electrons. The van der Waals surface area contributed by atoms with Gasteiger partial charge in [-0.15, -0.1) is 0 Å². The molecule has 2 aromatic heterocycles. The molecule has 0 bridgehead atoms. The Labute approximate surface area is 239 Å². The van der Waals surface area contributed by atoms with Crippen LogP contribution in [0.15, 0.2) is 53.6 Å². The van der Waals surface area contributed by atoms with Gasteiger partial charge >= 0.3 is 0 Å². The molecule has 1 aromatic carbocycles. The molecule has 2 heterocycles. The van der Waals surface area contributed by atoms with Crippen LogP contribution in [0.25, 0.3) is 11.3 Å². The van der Waals surface area contributed by atoms with Gasteiger partial charge in [-0.1, -0.05) is 19.9 Å². The maximum absolute atomic E-state index is 14.6. The number of nitrogens with zero attached hydrogens (tertiary/aromatic N) is 3. The largest absolute Gasteiger partial charge is 0.493 e.